The molecule has 0 bridgehead atoms. The van der Waals surface area contributed by atoms with Crippen molar-refractivity contribution < 1.29 is 13.2 Å². The first-order valence-corrected chi connectivity index (χ1v) is 10.3. The Morgan fingerprint density at radius 2 is 1.83 bits per heavy atom. The minimum Gasteiger partial charge on any atom is -0.354 e. The summed E-state index contributed by atoms with van der Waals surface area (Å²) in [7, 11) is -3.61. The summed E-state index contributed by atoms with van der Waals surface area (Å²) in [6, 6.07) is 6.01. The van der Waals surface area contributed by atoms with E-state index in [1.54, 1.807) is 0 Å². The summed E-state index contributed by atoms with van der Waals surface area (Å²) in [4.78, 5) is 12.0. The van der Waals surface area contributed by atoms with E-state index in [2.05, 4.69) is 17.0 Å². The molecule has 2 N–H and O–H groups in total. The van der Waals surface area contributed by atoms with Gasteiger partial charge in [-0.05, 0) is 37.6 Å². The molecule has 0 saturated heterocycles. The van der Waals surface area contributed by atoms with Gasteiger partial charge in [-0.1, -0.05) is 44.2 Å². The second kappa shape index (κ2) is 10.7. The van der Waals surface area contributed by atoms with Crippen molar-refractivity contribution in [3.63, 3.8) is 0 Å². The molecule has 5 nitrogen and oxygen atoms in total. The van der Waals surface area contributed by atoms with E-state index >= 15 is 0 Å². The van der Waals surface area contributed by atoms with Gasteiger partial charge in [-0.15, -0.1) is 0 Å². The topological polar surface area (TPSA) is 75.3 Å². The van der Waals surface area contributed by atoms with Gasteiger partial charge in [0.25, 0.3) is 0 Å². The van der Waals surface area contributed by atoms with E-state index in [-0.39, 0.29) is 29.8 Å². The van der Waals surface area contributed by atoms with Gasteiger partial charge in [-0.2, -0.15) is 0 Å². The molecule has 0 aliphatic rings. The molecular formula is C17H27ClN2O3S. The SMILES string of the molecule is CCCCCCC(C)NC(=O)CCNS(=O)(=O)c1ccc(Cl)cc1. The van der Waals surface area contributed by atoms with Crippen LogP contribution in [0.4, 0.5) is 0 Å². The van der Waals surface area contributed by atoms with Crippen LogP contribution in [-0.2, 0) is 14.8 Å². The Hall–Kier alpha value is -1.11. The molecule has 0 aliphatic heterocycles. The van der Waals surface area contributed by atoms with Crippen LogP contribution in [0.3, 0.4) is 0 Å². The van der Waals surface area contributed by atoms with Crippen molar-refractivity contribution in [2.24, 2.45) is 0 Å². The molecule has 1 aromatic carbocycles. The van der Waals surface area contributed by atoms with E-state index in [1.165, 1.54) is 43.5 Å². The Labute approximate surface area is 150 Å². The second-order valence-corrected chi connectivity index (χ2v) is 8.12. The zero-order valence-electron chi connectivity index (χ0n) is 14.3. The van der Waals surface area contributed by atoms with Gasteiger partial charge < -0.3 is 5.32 Å². The molecular weight excluding hydrogens is 348 g/mol. The van der Waals surface area contributed by atoms with Gasteiger partial charge in [0.05, 0.1) is 4.90 Å². The molecule has 0 aliphatic carbocycles. The standard InChI is InChI=1S/C17H27ClN2O3S/c1-3-4-5-6-7-14(2)20-17(21)12-13-19-24(22,23)16-10-8-15(18)9-11-16/h8-11,14,19H,3-7,12-13H2,1-2H3,(H,20,21). The van der Waals surface area contributed by atoms with Gasteiger partial charge in [0.2, 0.25) is 15.9 Å². The number of rotatable bonds is 11. The summed E-state index contributed by atoms with van der Waals surface area (Å²) in [5.41, 5.74) is 0. The summed E-state index contributed by atoms with van der Waals surface area (Å²) >= 11 is 5.74. The summed E-state index contributed by atoms with van der Waals surface area (Å²) in [6.07, 6.45) is 5.74. The fourth-order valence-electron chi connectivity index (χ4n) is 2.29. The quantitative estimate of drug-likeness (QED) is 0.582. The molecule has 136 valence electrons. The lowest BCUT2D eigenvalue weighted by Gasteiger charge is -2.14. The Balaban J connectivity index is 2.30. The molecule has 1 amide bonds. The molecule has 0 saturated carbocycles. The normalized spacial score (nSPS) is 12.8. The zero-order chi connectivity index (χ0) is 18.0. The molecule has 0 spiro atoms. The Morgan fingerprint density at radius 1 is 1.17 bits per heavy atom. The fourth-order valence-corrected chi connectivity index (χ4v) is 3.45. The van der Waals surface area contributed by atoms with Gasteiger partial charge in [0.1, 0.15) is 0 Å². The van der Waals surface area contributed by atoms with Crippen LogP contribution in [0, 0.1) is 0 Å². The molecule has 0 radical (unpaired) electrons. The predicted octanol–water partition coefficient (Wildman–Crippen LogP) is 3.48. The van der Waals surface area contributed by atoms with Gasteiger partial charge in [-0.3, -0.25) is 4.79 Å². The van der Waals surface area contributed by atoms with Gasteiger partial charge >= 0.3 is 0 Å². The van der Waals surface area contributed by atoms with Crippen molar-refractivity contribution in [2.45, 2.75) is 63.3 Å². The number of amides is 1. The monoisotopic (exact) mass is 374 g/mol. The Morgan fingerprint density at radius 3 is 2.46 bits per heavy atom. The largest absolute Gasteiger partial charge is 0.354 e. The van der Waals surface area contributed by atoms with E-state index in [0.717, 1.165) is 12.8 Å². The number of halogens is 1. The lowest BCUT2D eigenvalue weighted by molar-refractivity contribution is -0.121. The van der Waals surface area contributed by atoms with Crippen molar-refractivity contribution in [3.8, 4) is 0 Å². The van der Waals surface area contributed by atoms with Crippen molar-refractivity contribution in [1.29, 1.82) is 0 Å². The van der Waals surface area contributed by atoms with Crippen LogP contribution in [0.1, 0.15) is 52.4 Å². The first-order chi connectivity index (χ1) is 11.3. The van der Waals surface area contributed by atoms with E-state index in [1.807, 2.05) is 6.92 Å². The average Bonchev–Trinajstić information content (AvgIpc) is 2.51. The fraction of sp³-hybridized carbons (Fsp3) is 0.588. The van der Waals surface area contributed by atoms with Crippen molar-refractivity contribution in [2.75, 3.05) is 6.54 Å². The van der Waals surface area contributed by atoms with Gasteiger partial charge in [0.15, 0.2) is 0 Å². The van der Waals surface area contributed by atoms with Crippen LogP contribution in [0.2, 0.25) is 5.02 Å². The molecule has 0 fully saturated rings. The second-order valence-electron chi connectivity index (χ2n) is 5.92. The highest BCUT2D eigenvalue weighted by Crippen LogP contribution is 2.13. The summed E-state index contributed by atoms with van der Waals surface area (Å²) < 4.78 is 26.6. The minimum absolute atomic E-state index is 0.0688. The third-order valence-electron chi connectivity index (χ3n) is 3.67. The highest BCUT2D eigenvalue weighted by atomic mass is 35.5. The Kier molecular flexibility index (Phi) is 9.33. The maximum Gasteiger partial charge on any atom is 0.240 e. The highest BCUT2D eigenvalue weighted by molar-refractivity contribution is 7.89. The average molecular weight is 375 g/mol. The van der Waals surface area contributed by atoms with Crippen LogP contribution in [-0.4, -0.2) is 26.9 Å². The lowest BCUT2D eigenvalue weighted by atomic mass is 10.1. The molecule has 0 heterocycles. The van der Waals surface area contributed by atoms with Gasteiger partial charge in [0, 0.05) is 24.0 Å². The number of carbonyl (C=O) groups excluding carboxylic acids is 1. The first kappa shape index (κ1) is 20.9. The van der Waals surface area contributed by atoms with Crippen molar-refractivity contribution in [3.05, 3.63) is 29.3 Å². The molecule has 1 aromatic rings. The third kappa shape index (κ3) is 8.13. The van der Waals surface area contributed by atoms with Crippen molar-refractivity contribution in [1.82, 2.24) is 10.0 Å². The van der Waals surface area contributed by atoms with Crippen LogP contribution < -0.4 is 10.0 Å². The van der Waals surface area contributed by atoms with E-state index < -0.39 is 10.0 Å². The smallest absolute Gasteiger partial charge is 0.240 e. The van der Waals surface area contributed by atoms with Crippen LogP contribution in [0.15, 0.2) is 29.2 Å². The predicted molar refractivity (Wildman–Crippen MR) is 97.6 cm³/mol. The number of benzene rings is 1. The molecule has 7 heteroatoms. The minimum atomic E-state index is -3.61. The maximum atomic E-state index is 12.1. The van der Waals surface area contributed by atoms with E-state index in [9.17, 15) is 13.2 Å². The molecule has 1 unspecified atom stereocenters. The lowest BCUT2D eigenvalue weighted by Crippen LogP contribution is -2.35. The number of sulfonamides is 1. The number of nitrogens with one attached hydrogen (secondary N) is 2. The molecule has 24 heavy (non-hydrogen) atoms. The molecule has 1 atom stereocenters. The van der Waals surface area contributed by atoms with Crippen LogP contribution in [0.5, 0.6) is 0 Å². The van der Waals surface area contributed by atoms with E-state index in [0.29, 0.717) is 5.02 Å². The van der Waals surface area contributed by atoms with Crippen LogP contribution in [0.25, 0.3) is 0 Å². The number of hydrogen-bond acceptors (Lipinski definition) is 3. The maximum absolute atomic E-state index is 12.1. The first-order valence-electron chi connectivity index (χ1n) is 8.39. The zero-order valence-corrected chi connectivity index (χ0v) is 15.9. The summed E-state index contributed by atoms with van der Waals surface area (Å²) in [6.45, 7) is 4.21. The third-order valence-corrected chi connectivity index (χ3v) is 5.40. The summed E-state index contributed by atoms with van der Waals surface area (Å²) in [5, 5.41) is 3.37. The molecule has 1 rings (SSSR count). The van der Waals surface area contributed by atoms with Crippen LogP contribution >= 0.6 is 11.6 Å². The van der Waals surface area contributed by atoms with Crippen molar-refractivity contribution >= 4 is 27.5 Å². The summed E-state index contributed by atoms with van der Waals surface area (Å²) in [5.74, 6) is -0.142. The molecule has 0 aromatic heterocycles. The number of hydrogen-bond donors (Lipinski definition) is 2. The van der Waals surface area contributed by atoms with Gasteiger partial charge in [-0.25, -0.2) is 13.1 Å². The number of carbonyl (C=O) groups is 1. The van der Waals surface area contributed by atoms with E-state index in [4.69, 9.17) is 11.6 Å². The number of unbranched alkanes of at least 4 members (excludes halogenated alkanes) is 3. The highest BCUT2D eigenvalue weighted by Gasteiger charge is 2.14. The Bertz CT molecular complexity index is 603.